The number of nitrogens with zero attached hydrogens (tertiary/aromatic N) is 2. The first-order chi connectivity index (χ1) is 7.10. The average molecular weight is 212 g/mol. The molecule has 0 atom stereocenters. The predicted molar refractivity (Wildman–Crippen MR) is 49.8 cm³/mol. The monoisotopic (exact) mass is 212 g/mol. The van der Waals surface area contributed by atoms with Crippen LogP contribution in [0.1, 0.15) is 23.2 Å². The van der Waals surface area contributed by atoms with Crippen LogP contribution in [0.2, 0.25) is 0 Å². The van der Waals surface area contributed by atoms with Crippen molar-refractivity contribution in [2.75, 3.05) is 7.11 Å². The van der Waals surface area contributed by atoms with E-state index < -0.39 is 6.43 Å². The van der Waals surface area contributed by atoms with Gasteiger partial charge >= 0.3 is 0 Å². The third kappa shape index (κ3) is 2.40. The van der Waals surface area contributed by atoms with Crippen molar-refractivity contribution in [1.82, 2.24) is 4.98 Å². The molecule has 0 N–H and O–H groups in total. The van der Waals surface area contributed by atoms with Crippen molar-refractivity contribution < 1.29 is 13.5 Å². The number of aromatic nitrogens is 1. The minimum atomic E-state index is -2.62. The molecule has 0 saturated carbocycles. The molecule has 80 valence electrons. The number of alkyl halides is 2. The first-order valence-electron chi connectivity index (χ1n) is 4.29. The number of halogens is 2. The van der Waals surface area contributed by atoms with E-state index >= 15 is 0 Å². The number of aryl methyl sites for hydroxylation is 1. The standard InChI is InChI=1S/C10H10F2N2O/c1-6-7(3-4-13)8(10(11)12)5-9(14-6)15-2/h5,10H,3H2,1-2H3. The van der Waals surface area contributed by atoms with Crippen LogP contribution in [0.5, 0.6) is 5.88 Å². The number of hydrogen-bond donors (Lipinski definition) is 0. The Hall–Kier alpha value is -1.70. The van der Waals surface area contributed by atoms with Crippen LogP contribution in [-0.2, 0) is 6.42 Å². The molecule has 0 fully saturated rings. The van der Waals surface area contributed by atoms with Crippen molar-refractivity contribution in [1.29, 1.82) is 5.26 Å². The molecule has 0 unspecified atom stereocenters. The molecule has 0 aliphatic rings. The van der Waals surface area contributed by atoms with E-state index in [2.05, 4.69) is 4.98 Å². The molecule has 0 saturated heterocycles. The summed E-state index contributed by atoms with van der Waals surface area (Å²) in [5.41, 5.74) is 0.514. The highest BCUT2D eigenvalue weighted by atomic mass is 19.3. The molecule has 1 aromatic rings. The number of methoxy groups -OCH3 is 1. The summed E-state index contributed by atoms with van der Waals surface area (Å²) < 4.78 is 30.1. The van der Waals surface area contributed by atoms with Crippen molar-refractivity contribution in [3.63, 3.8) is 0 Å². The molecule has 1 aromatic heterocycles. The van der Waals surface area contributed by atoms with Crippen LogP contribution in [0.3, 0.4) is 0 Å². The maximum atomic E-state index is 12.7. The van der Waals surface area contributed by atoms with Gasteiger partial charge in [-0.25, -0.2) is 13.8 Å². The third-order valence-electron chi connectivity index (χ3n) is 2.04. The van der Waals surface area contributed by atoms with Gasteiger partial charge in [-0.2, -0.15) is 5.26 Å². The maximum Gasteiger partial charge on any atom is 0.264 e. The number of hydrogen-bond acceptors (Lipinski definition) is 3. The summed E-state index contributed by atoms with van der Waals surface area (Å²) in [6.07, 6.45) is -2.69. The lowest BCUT2D eigenvalue weighted by Crippen LogP contribution is -2.02. The molecule has 0 spiro atoms. The van der Waals surface area contributed by atoms with Crippen molar-refractivity contribution >= 4 is 0 Å². The maximum absolute atomic E-state index is 12.7. The van der Waals surface area contributed by atoms with Gasteiger partial charge in [0.1, 0.15) is 0 Å². The Morgan fingerprint density at radius 2 is 2.27 bits per heavy atom. The molecule has 3 nitrogen and oxygen atoms in total. The normalized spacial score (nSPS) is 10.1. The summed E-state index contributed by atoms with van der Waals surface area (Å²) in [6, 6.07) is 3.01. The smallest absolute Gasteiger partial charge is 0.264 e. The largest absolute Gasteiger partial charge is 0.481 e. The van der Waals surface area contributed by atoms with Crippen LogP contribution >= 0.6 is 0 Å². The van der Waals surface area contributed by atoms with E-state index in [-0.39, 0.29) is 23.4 Å². The van der Waals surface area contributed by atoms with E-state index in [0.717, 1.165) is 0 Å². The van der Waals surface area contributed by atoms with Crippen LogP contribution in [0.4, 0.5) is 8.78 Å². The number of rotatable bonds is 3. The summed E-state index contributed by atoms with van der Waals surface area (Å²) in [5.74, 6) is 0.143. The number of pyridine rings is 1. The lowest BCUT2D eigenvalue weighted by atomic mass is 10.0. The molecule has 0 aromatic carbocycles. The zero-order valence-electron chi connectivity index (χ0n) is 8.42. The van der Waals surface area contributed by atoms with Crippen LogP contribution in [-0.4, -0.2) is 12.1 Å². The van der Waals surface area contributed by atoms with Crippen LogP contribution < -0.4 is 4.74 Å². The molecule has 1 rings (SSSR count). The Labute approximate surface area is 86.3 Å². The Morgan fingerprint density at radius 1 is 1.60 bits per heavy atom. The van der Waals surface area contributed by atoms with Crippen LogP contribution in [0, 0.1) is 18.3 Å². The van der Waals surface area contributed by atoms with E-state index in [9.17, 15) is 8.78 Å². The first-order valence-corrected chi connectivity index (χ1v) is 4.29. The van der Waals surface area contributed by atoms with Gasteiger partial charge in [0.25, 0.3) is 6.43 Å². The minimum absolute atomic E-state index is 0.0670. The predicted octanol–water partition coefficient (Wildman–Crippen LogP) is 2.40. The SMILES string of the molecule is COc1cc(C(F)F)c(CC#N)c(C)n1. The zero-order valence-corrected chi connectivity index (χ0v) is 8.42. The third-order valence-corrected chi connectivity index (χ3v) is 2.04. The molecular formula is C10H10F2N2O. The number of nitriles is 1. The van der Waals surface area contributed by atoms with Crippen LogP contribution in [0.15, 0.2) is 6.07 Å². The average Bonchev–Trinajstić information content (AvgIpc) is 2.20. The second-order valence-corrected chi connectivity index (χ2v) is 2.95. The van der Waals surface area contributed by atoms with Crippen LogP contribution in [0.25, 0.3) is 0 Å². The second kappa shape index (κ2) is 4.69. The molecule has 15 heavy (non-hydrogen) atoms. The van der Waals surface area contributed by atoms with Gasteiger partial charge in [-0.05, 0) is 12.5 Å². The van der Waals surface area contributed by atoms with Crippen molar-refractivity contribution in [2.45, 2.75) is 19.8 Å². The molecule has 0 aliphatic carbocycles. The highest BCUT2D eigenvalue weighted by molar-refractivity contribution is 5.37. The van der Waals surface area contributed by atoms with E-state index in [1.807, 2.05) is 6.07 Å². The summed E-state index contributed by atoms with van der Waals surface area (Å²) in [6.45, 7) is 1.58. The van der Waals surface area contributed by atoms with Crippen molar-refractivity contribution in [2.24, 2.45) is 0 Å². The fourth-order valence-electron chi connectivity index (χ4n) is 1.30. The van der Waals surface area contributed by atoms with Gasteiger partial charge in [-0.1, -0.05) is 0 Å². The fraction of sp³-hybridized carbons (Fsp3) is 0.400. The Balaban J connectivity index is 3.30. The lowest BCUT2D eigenvalue weighted by molar-refractivity contribution is 0.149. The van der Waals surface area contributed by atoms with E-state index in [4.69, 9.17) is 10.00 Å². The van der Waals surface area contributed by atoms with Gasteiger partial charge in [0.05, 0.1) is 19.6 Å². The molecule has 5 heteroatoms. The summed E-state index contributed by atoms with van der Waals surface area (Å²) in [5, 5.41) is 8.52. The lowest BCUT2D eigenvalue weighted by Gasteiger charge is -2.10. The van der Waals surface area contributed by atoms with Crippen molar-refractivity contribution in [3.05, 3.63) is 22.9 Å². The van der Waals surface area contributed by atoms with Crippen molar-refractivity contribution in [3.8, 4) is 11.9 Å². The fourth-order valence-corrected chi connectivity index (χ4v) is 1.30. The first kappa shape index (κ1) is 11.4. The topological polar surface area (TPSA) is 45.9 Å². The van der Waals surface area contributed by atoms with Gasteiger partial charge in [-0.15, -0.1) is 0 Å². The van der Waals surface area contributed by atoms with Gasteiger partial charge in [-0.3, -0.25) is 0 Å². The van der Waals surface area contributed by atoms with E-state index in [0.29, 0.717) is 5.69 Å². The summed E-state index contributed by atoms with van der Waals surface area (Å²) in [7, 11) is 1.36. The van der Waals surface area contributed by atoms with E-state index in [1.54, 1.807) is 6.92 Å². The summed E-state index contributed by atoms with van der Waals surface area (Å²) >= 11 is 0. The second-order valence-electron chi connectivity index (χ2n) is 2.95. The van der Waals surface area contributed by atoms with Gasteiger partial charge in [0, 0.05) is 17.3 Å². The molecule has 0 aliphatic heterocycles. The molecule has 0 radical (unpaired) electrons. The highest BCUT2D eigenvalue weighted by Gasteiger charge is 2.17. The molecule has 1 heterocycles. The molecule has 0 bridgehead atoms. The minimum Gasteiger partial charge on any atom is -0.481 e. The quantitative estimate of drug-likeness (QED) is 0.772. The Kier molecular flexibility index (Phi) is 3.56. The van der Waals surface area contributed by atoms with E-state index in [1.165, 1.54) is 13.2 Å². The molecular weight excluding hydrogens is 202 g/mol. The Bertz CT molecular complexity index is 399. The number of ether oxygens (including phenoxy) is 1. The van der Waals surface area contributed by atoms with Gasteiger partial charge in [0.15, 0.2) is 0 Å². The Morgan fingerprint density at radius 3 is 2.73 bits per heavy atom. The van der Waals surface area contributed by atoms with Gasteiger partial charge < -0.3 is 4.74 Å². The summed E-state index contributed by atoms with van der Waals surface area (Å²) in [4.78, 5) is 3.95. The zero-order chi connectivity index (χ0) is 11.4. The highest BCUT2D eigenvalue weighted by Crippen LogP contribution is 2.28. The molecule has 0 amide bonds. The van der Waals surface area contributed by atoms with Gasteiger partial charge in [0.2, 0.25) is 5.88 Å².